The summed E-state index contributed by atoms with van der Waals surface area (Å²) in [5.41, 5.74) is 14.9. The van der Waals surface area contributed by atoms with E-state index in [1.54, 1.807) is 0 Å². The average molecular weight is 754 g/mol. The zero-order valence-corrected chi connectivity index (χ0v) is 32.9. The number of anilines is 3. The van der Waals surface area contributed by atoms with Crippen molar-refractivity contribution in [2.45, 2.75) is 19.3 Å². The van der Waals surface area contributed by atoms with Gasteiger partial charge >= 0.3 is 0 Å². The van der Waals surface area contributed by atoms with E-state index in [0.29, 0.717) is 0 Å². The molecule has 0 unspecified atom stereocenters. The van der Waals surface area contributed by atoms with Gasteiger partial charge in [0.15, 0.2) is 0 Å². The Hall–Kier alpha value is -7.42. The number of nitrogens with zero attached hydrogens (tertiary/aromatic N) is 1. The molecule has 0 spiro atoms. The predicted molar refractivity (Wildman–Crippen MR) is 249 cm³/mol. The lowest BCUT2D eigenvalue weighted by molar-refractivity contribution is 0.660. The molecular weight excluding hydrogens is 715 g/mol. The Balaban J connectivity index is 1.12. The fraction of sp³-hybridized carbons (Fsp3) is 0.0526. The molecule has 0 N–H and O–H groups in total. The van der Waals surface area contributed by atoms with Gasteiger partial charge in [-0.2, -0.15) is 0 Å². The summed E-state index contributed by atoms with van der Waals surface area (Å²) in [7, 11) is 0. The maximum atomic E-state index is 6.58. The van der Waals surface area contributed by atoms with Crippen molar-refractivity contribution in [2.24, 2.45) is 0 Å². The lowest BCUT2D eigenvalue weighted by atomic mass is 9.82. The third-order valence-corrected chi connectivity index (χ3v) is 12.8. The molecule has 11 aromatic rings. The number of hydrogen-bond donors (Lipinski definition) is 0. The molecule has 0 atom stereocenters. The molecule has 12 rings (SSSR count). The zero-order valence-electron chi connectivity index (χ0n) is 32.9. The molecule has 0 fully saturated rings. The first kappa shape index (κ1) is 33.7. The molecule has 278 valence electrons. The Morgan fingerprint density at radius 1 is 0.390 bits per heavy atom. The van der Waals surface area contributed by atoms with Gasteiger partial charge in [-0.3, -0.25) is 0 Å². The van der Waals surface area contributed by atoms with Gasteiger partial charge in [-0.25, -0.2) is 0 Å². The van der Waals surface area contributed by atoms with Crippen LogP contribution >= 0.6 is 0 Å². The van der Waals surface area contributed by atoms with E-state index in [2.05, 4.69) is 219 Å². The summed E-state index contributed by atoms with van der Waals surface area (Å²) >= 11 is 0. The van der Waals surface area contributed by atoms with E-state index < -0.39 is 0 Å². The topological polar surface area (TPSA) is 16.4 Å². The van der Waals surface area contributed by atoms with E-state index in [1.807, 2.05) is 0 Å². The van der Waals surface area contributed by atoms with Gasteiger partial charge in [0.25, 0.3) is 0 Å². The summed E-state index contributed by atoms with van der Waals surface area (Å²) < 4.78 is 6.58. The minimum absolute atomic E-state index is 0.152. The second kappa shape index (κ2) is 12.8. The van der Waals surface area contributed by atoms with Gasteiger partial charge in [0.05, 0.1) is 5.69 Å². The Bertz CT molecular complexity index is 3480. The van der Waals surface area contributed by atoms with Crippen molar-refractivity contribution in [2.75, 3.05) is 4.90 Å². The van der Waals surface area contributed by atoms with Gasteiger partial charge in [0, 0.05) is 33.1 Å². The number of hydrogen-bond acceptors (Lipinski definition) is 2. The number of fused-ring (bicyclic) bond motifs is 10. The summed E-state index contributed by atoms with van der Waals surface area (Å²) in [5, 5.41) is 9.70. The van der Waals surface area contributed by atoms with Crippen LogP contribution in [-0.2, 0) is 5.41 Å². The van der Waals surface area contributed by atoms with E-state index in [9.17, 15) is 0 Å². The number of rotatable bonds is 5. The predicted octanol–water partition coefficient (Wildman–Crippen LogP) is 16.2. The van der Waals surface area contributed by atoms with E-state index in [4.69, 9.17) is 4.42 Å². The van der Waals surface area contributed by atoms with Crippen molar-refractivity contribution in [3.63, 3.8) is 0 Å². The van der Waals surface area contributed by atoms with E-state index in [1.165, 1.54) is 65.7 Å². The van der Waals surface area contributed by atoms with Gasteiger partial charge in [-0.05, 0) is 126 Å². The molecule has 0 radical (unpaired) electrons. The Morgan fingerprint density at radius 3 is 1.88 bits per heavy atom. The first-order chi connectivity index (χ1) is 29.0. The molecule has 2 heteroatoms. The normalized spacial score (nSPS) is 13.1. The van der Waals surface area contributed by atoms with E-state index >= 15 is 0 Å². The van der Waals surface area contributed by atoms with Gasteiger partial charge in [-0.15, -0.1) is 0 Å². The van der Waals surface area contributed by atoms with E-state index in [-0.39, 0.29) is 5.41 Å². The summed E-state index contributed by atoms with van der Waals surface area (Å²) in [6, 6.07) is 73.3. The van der Waals surface area contributed by atoms with Crippen LogP contribution in [0.3, 0.4) is 0 Å². The fourth-order valence-corrected chi connectivity index (χ4v) is 9.97. The van der Waals surface area contributed by atoms with Crippen LogP contribution in [0.1, 0.15) is 25.0 Å². The lowest BCUT2D eigenvalue weighted by Gasteiger charge is -2.30. The standard InChI is InChI=1S/C57H39NO/c1-57(2)50-21-11-9-19-46(50)47-30-29-42(35-51(47)57)58(41-27-25-37(26-28-41)49-34-39-15-5-6-16-43(39)44-17-7-8-18-45(44)49)52-31-32-54-56(48-20-10-12-22-53(48)59-54)55(52)40-24-23-36-13-3-4-14-38(36)33-40/h3-35H,1-2H3. The zero-order chi connectivity index (χ0) is 39.2. The summed E-state index contributed by atoms with van der Waals surface area (Å²) in [6.07, 6.45) is 0. The van der Waals surface area contributed by atoms with Crippen LogP contribution < -0.4 is 4.90 Å². The van der Waals surface area contributed by atoms with Crippen molar-refractivity contribution in [1.29, 1.82) is 0 Å². The monoisotopic (exact) mass is 753 g/mol. The fourth-order valence-electron chi connectivity index (χ4n) is 9.97. The minimum Gasteiger partial charge on any atom is -0.456 e. The number of furan rings is 1. The van der Waals surface area contributed by atoms with Crippen LogP contribution in [0, 0.1) is 0 Å². The molecule has 1 heterocycles. The first-order valence-corrected chi connectivity index (χ1v) is 20.5. The molecule has 0 saturated carbocycles. The molecule has 2 nitrogen and oxygen atoms in total. The maximum absolute atomic E-state index is 6.58. The second-order valence-corrected chi connectivity index (χ2v) is 16.5. The summed E-state index contributed by atoms with van der Waals surface area (Å²) in [4.78, 5) is 2.47. The van der Waals surface area contributed by atoms with Gasteiger partial charge in [0.2, 0.25) is 0 Å². The van der Waals surface area contributed by atoms with Crippen molar-refractivity contribution in [3.8, 4) is 33.4 Å². The van der Waals surface area contributed by atoms with Crippen molar-refractivity contribution in [1.82, 2.24) is 0 Å². The summed E-state index contributed by atoms with van der Waals surface area (Å²) in [6.45, 7) is 4.72. The maximum Gasteiger partial charge on any atom is 0.136 e. The van der Waals surface area contributed by atoms with Crippen LogP contribution in [-0.4, -0.2) is 0 Å². The largest absolute Gasteiger partial charge is 0.456 e. The van der Waals surface area contributed by atoms with Crippen LogP contribution in [0.4, 0.5) is 17.1 Å². The third kappa shape index (κ3) is 5.13. The van der Waals surface area contributed by atoms with Crippen LogP contribution in [0.25, 0.3) is 87.6 Å². The van der Waals surface area contributed by atoms with Crippen molar-refractivity contribution in [3.05, 3.63) is 211 Å². The first-order valence-electron chi connectivity index (χ1n) is 20.5. The van der Waals surface area contributed by atoms with Crippen LogP contribution in [0.15, 0.2) is 205 Å². The highest BCUT2D eigenvalue weighted by molar-refractivity contribution is 6.17. The minimum atomic E-state index is -0.152. The highest BCUT2D eigenvalue weighted by atomic mass is 16.3. The van der Waals surface area contributed by atoms with Gasteiger partial charge in [0.1, 0.15) is 11.2 Å². The molecular formula is C57H39NO. The van der Waals surface area contributed by atoms with Gasteiger partial charge < -0.3 is 9.32 Å². The second-order valence-electron chi connectivity index (χ2n) is 16.5. The molecule has 1 aliphatic rings. The molecule has 0 saturated heterocycles. The Kier molecular flexibility index (Phi) is 7.31. The molecule has 0 bridgehead atoms. The smallest absolute Gasteiger partial charge is 0.136 e. The third-order valence-electron chi connectivity index (χ3n) is 12.8. The van der Waals surface area contributed by atoms with E-state index in [0.717, 1.165) is 50.1 Å². The quantitative estimate of drug-likeness (QED) is 0.163. The van der Waals surface area contributed by atoms with Crippen LogP contribution in [0.5, 0.6) is 0 Å². The number of para-hydroxylation sites is 1. The van der Waals surface area contributed by atoms with Crippen LogP contribution in [0.2, 0.25) is 0 Å². The Labute approximate surface area is 343 Å². The number of benzene rings is 10. The highest BCUT2D eigenvalue weighted by Crippen LogP contribution is 2.53. The van der Waals surface area contributed by atoms with Crippen molar-refractivity contribution >= 4 is 71.3 Å². The summed E-state index contributed by atoms with van der Waals surface area (Å²) in [5.74, 6) is 0. The molecule has 59 heavy (non-hydrogen) atoms. The lowest BCUT2D eigenvalue weighted by Crippen LogP contribution is -2.17. The van der Waals surface area contributed by atoms with Gasteiger partial charge in [-0.1, -0.05) is 159 Å². The molecule has 1 aliphatic carbocycles. The van der Waals surface area contributed by atoms with Crippen molar-refractivity contribution < 1.29 is 4.42 Å². The average Bonchev–Trinajstić information content (AvgIpc) is 3.78. The highest BCUT2D eigenvalue weighted by Gasteiger charge is 2.36. The molecule has 10 aromatic carbocycles. The molecule has 0 amide bonds. The SMILES string of the molecule is CC1(C)c2ccccc2-c2ccc(N(c3ccc(-c4cc5ccccc5c5ccccc45)cc3)c3ccc4oc5ccccc5c4c3-c3ccc4ccccc4c3)cc21. The Morgan fingerprint density at radius 2 is 1.03 bits per heavy atom. The molecule has 1 aromatic heterocycles. The molecule has 0 aliphatic heterocycles.